The van der Waals surface area contributed by atoms with Gasteiger partial charge in [0.15, 0.2) is 10.5 Å². The molecule has 1 aliphatic carbocycles. The number of halogens is 3. The van der Waals surface area contributed by atoms with Crippen LogP contribution in [0.5, 0.6) is 0 Å². The molecule has 0 aromatic carbocycles. The van der Waals surface area contributed by atoms with E-state index in [-0.39, 0.29) is 10.3 Å². The lowest BCUT2D eigenvalue weighted by Crippen LogP contribution is -2.18. The quantitative estimate of drug-likeness (QED) is 0.677. The van der Waals surface area contributed by atoms with Crippen LogP contribution in [0.15, 0.2) is 0 Å². The van der Waals surface area contributed by atoms with Crippen LogP contribution in [0.1, 0.15) is 29.4 Å². The molecule has 1 aromatic heterocycles. The topological polar surface area (TPSA) is 54.7 Å². The first-order chi connectivity index (χ1) is 6.89. The Kier molecular flexibility index (Phi) is 2.31. The minimum absolute atomic E-state index is 0.0658. The van der Waals surface area contributed by atoms with Crippen LogP contribution < -0.4 is 5.73 Å². The van der Waals surface area contributed by atoms with Crippen molar-refractivity contribution in [2.75, 3.05) is 0 Å². The van der Waals surface area contributed by atoms with Crippen LogP contribution in [0.2, 0.25) is 0 Å². The predicted molar refractivity (Wildman–Crippen MR) is 49.7 cm³/mol. The molecule has 1 unspecified atom stereocenters. The van der Waals surface area contributed by atoms with Crippen LogP contribution >= 0.6 is 12.2 Å². The molecule has 15 heavy (non-hydrogen) atoms. The van der Waals surface area contributed by atoms with Gasteiger partial charge in [-0.25, -0.2) is 4.98 Å². The van der Waals surface area contributed by atoms with Gasteiger partial charge in [0.25, 0.3) is 0 Å². The van der Waals surface area contributed by atoms with E-state index in [4.69, 9.17) is 5.73 Å². The fraction of sp³-hybridized carbons (Fsp3) is 0.500. The molecule has 3 nitrogen and oxygen atoms in total. The van der Waals surface area contributed by atoms with Gasteiger partial charge in [-0.2, -0.15) is 13.2 Å². The Morgan fingerprint density at radius 3 is 2.73 bits per heavy atom. The van der Waals surface area contributed by atoms with Gasteiger partial charge in [0.2, 0.25) is 0 Å². The second kappa shape index (κ2) is 3.28. The second-order valence-corrected chi connectivity index (χ2v) is 3.81. The van der Waals surface area contributed by atoms with E-state index in [1.165, 1.54) is 0 Å². The molecule has 0 bridgehead atoms. The van der Waals surface area contributed by atoms with E-state index in [2.05, 4.69) is 22.2 Å². The predicted octanol–water partition coefficient (Wildman–Crippen LogP) is 2.10. The zero-order valence-electron chi connectivity index (χ0n) is 7.56. The molecule has 0 amide bonds. The van der Waals surface area contributed by atoms with E-state index >= 15 is 0 Å². The number of H-pyrrole nitrogens is 1. The minimum Gasteiger partial charge on any atom is -0.334 e. The van der Waals surface area contributed by atoms with Crippen LogP contribution in [-0.4, -0.2) is 9.97 Å². The Balaban J connectivity index is 2.70. The number of fused-ring (bicyclic) bond motifs is 1. The normalized spacial score (nSPS) is 20.4. The summed E-state index contributed by atoms with van der Waals surface area (Å²) in [5, 5.41) is 0. The fourth-order valence-electron chi connectivity index (χ4n) is 1.79. The maximum absolute atomic E-state index is 12.6. The molecule has 3 N–H and O–H groups in total. The van der Waals surface area contributed by atoms with Crippen LogP contribution in [0.4, 0.5) is 13.2 Å². The van der Waals surface area contributed by atoms with E-state index in [0.29, 0.717) is 18.5 Å². The summed E-state index contributed by atoms with van der Waals surface area (Å²) in [6.07, 6.45) is -3.50. The molecule has 0 aliphatic heterocycles. The Labute approximate surface area is 88.5 Å². The van der Waals surface area contributed by atoms with Gasteiger partial charge in [-0.15, -0.1) is 0 Å². The number of aryl methyl sites for hydroxylation is 1. The Morgan fingerprint density at radius 2 is 2.13 bits per heavy atom. The van der Waals surface area contributed by atoms with Crippen molar-refractivity contribution in [1.82, 2.24) is 9.97 Å². The molecule has 1 heterocycles. The lowest BCUT2D eigenvalue weighted by atomic mass is 10.1. The van der Waals surface area contributed by atoms with Gasteiger partial charge in [-0.1, -0.05) is 0 Å². The molecule has 82 valence electrons. The molecule has 0 fully saturated rings. The number of hydrogen-bond acceptors (Lipinski definition) is 3. The zero-order chi connectivity index (χ0) is 11.2. The van der Waals surface area contributed by atoms with Gasteiger partial charge in [-0.05, 0) is 25.1 Å². The number of aromatic nitrogens is 2. The number of rotatable bonds is 0. The van der Waals surface area contributed by atoms with Gasteiger partial charge < -0.3 is 10.7 Å². The first kappa shape index (κ1) is 10.6. The van der Waals surface area contributed by atoms with E-state index < -0.39 is 17.9 Å². The number of nitrogens with one attached hydrogen (secondary N) is 1. The molecule has 2 rings (SSSR count). The van der Waals surface area contributed by atoms with Crippen LogP contribution in [0, 0.1) is 4.77 Å². The summed E-state index contributed by atoms with van der Waals surface area (Å²) in [5.41, 5.74) is 5.19. The Hall–Kier alpha value is -0.950. The second-order valence-electron chi connectivity index (χ2n) is 3.43. The van der Waals surface area contributed by atoms with Crippen molar-refractivity contribution < 1.29 is 13.2 Å². The first-order valence-electron chi connectivity index (χ1n) is 4.35. The molecule has 1 aliphatic rings. The van der Waals surface area contributed by atoms with E-state index in [0.717, 1.165) is 0 Å². The number of aromatic amines is 1. The smallest absolute Gasteiger partial charge is 0.334 e. The Bertz CT molecular complexity index is 451. The van der Waals surface area contributed by atoms with Gasteiger partial charge in [0.05, 0.1) is 0 Å². The summed E-state index contributed by atoms with van der Waals surface area (Å²) >= 11 is 4.64. The molecule has 0 saturated carbocycles. The molecule has 1 aromatic rings. The third kappa shape index (κ3) is 1.76. The molecular weight excluding hydrogens is 227 g/mol. The summed E-state index contributed by atoms with van der Waals surface area (Å²) in [5.74, 6) is 0. The van der Waals surface area contributed by atoms with Crippen molar-refractivity contribution >= 4 is 12.2 Å². The molecule has 0 radical (unpaired) electrons. The molecular formula is C8H8F3N3S. The average Bonchev–Trinajstić information content (AvgIpc) is 2.44. The van der Waals surface area contributed by atoms with Crippen molar-refractivity contribution in [1.29, 1.82) is 0 Å². The number of alkyl halides is 3. The van der Waals surface area contributed by atoms with Crippen LogP contribution in [0.25, 0.3) is 0 Å². The average molecular weight is 235 g/mol. The van der Waals surface area contributed by atoms with Crippen LogP contribution in [-0.2, 0) is 12.6 Å². The maximum Gasteiger partial charge on any atom is 0.433 e. The third-order valence-corrected chi connectivity index (χ3v) is 2.59. The highest BCUT2D eigenvalue weighted by atomic mass is 32.1. The zero-order valence-corrected chi connectivity index (χ0v) is 8.37. The summed E-state index contributed by atoms with van der Waals surface area (Å²) in [4.78, 5) is 5.98. The van der Waals surface area contributed by atoms with Gasteiger partial charge in [0.1, 0.15) is 0 Å². The molecule has 7 heteroatoms. The van der Waals surface area contributed by atoms with Crippen molar-refractivity contribution in [2.24, 2.45) is 5.73 Å². The van der Waals surface area contributed by atoms with Crippen LogP contribution in [0.3, 0.4) is 0 Å². The SMILES string of the molecule is NC1CCc2[nH]c(=S)nc(C(F)(F)F)c21. The van der Waals surface area contributed by atoms with E-state index in [1.54, 1.807) is 0 Å². The van der Waals surface area contributed by atoms with E-state index in [9.17, 15) is 13.2 Å². The lowest BCUT2D eigenvalue weighted by molar-refractivity contribution is -0.142. The van der Waals surface area contributed by atoms with Gasteiger partial charge >= 0.3 is 6.18 Å². The van der Waals surface area contributed by atoms with Crippen molar-refractivity contribution in [3.63, 3.8) is 0 Å². The molecule has 0 spiro atoms. The van der Waals surface area contributed by atoms with Crippen molar-refractivity contribution in [3.8, 4) is 0 Å². The number of nitrogens with zero attached hydrogens (tertiary/aromatic N) is 1. The highest BCUT2D eigenvalue weighted by Gasteiger charge is 2.39. The maximum atomic E-state index is 12.6. The highest BCUT2D eigenvalue weighted by Crippen LogP contribution is 2.38. The summed E-state index contributed by atoms with van der Waals surface area (Å²) in [7, 11) is 0. The minimum atomic E-state index is -4.49. The summed E-state index contributed by atoms with van der Waals surface area (Å²) < 4.78 is 37.7. The summed E-state index contributed by atoms with van der Waals surface area (Å²) in [6, 6.07) is -0.601. The largest absolute Gasteiger partial charge is 0.433 e. The lowest BCUT2D eigenvalue weighted by Gasteiger charge is -2.13. The van der Waals surface area contributed by atoms with Gasteiger partial charge in [0, 0.05) is 17.3 Å². The monoisotopic (exact) mass is 235 g/mol. The van der Waals surface area contributed by atoms with E-state index in [1.807, 2.05) is 0 Å². The molecule has 1 atom stereocenters. The third-order valence-electron chi connectivity index (χ3n) is 2.40. The highest BCUT2D eigenvalue weighted by molar-refractivity contribution is 7.71. The summed E-state index contributed by atoms with van der Waals surface area (Å²) in [6.45, 7) is 0. The van der Waals surface area contributed by atoms with Crippen molar-refractivity contribution in [3.05, 3.63) is 21.7 Å². The Morgan fingerprint density at radius 1 is 1.47 bits per heavy atom. The standard InChI is InChI=1S/C8H8F3N3S/c9-8(10,11)6-5-3(12)1-2-4(5)13-7(15)14-6/h3H,1-2,12H2,(H,13,14,15). The molecule has 0 saturated heterocycles. The fourth-order valence-corrected chi connectivity index (χ4v) is 2.00. The number of nitrogens with two attached hydrogens (primary N) is 1. The number of hydrogen-bond donors (Lipinski definition) is 2. The van der Waals surface area contributed by atoms with Gasteiger partial charge in [-0.3, -0.25) is 0 Å². The first-order valence-corrected chi connectivity index (χ1v) is 4.76. The van der Waals surface area contributed by atoms with Crippen molar-refractivity contribution in [2.45, 2.75) is 25.1 Å².